The molecule has 1 aliphatic heterocycles. The van der Waals surface area contributed by atoms with E-state index in [4.69, 9.17) is 0 Å². The summed E-state index contributed by atoms with van der Waals surface area (Å²) in [4.78, 5) is 4.55. The van der Waals surface area contributed by atoms with Crippen LogP contribution in [0.2, 0.25) is 0 Å². The van der Waals surface area contributed by atoms with Gasteiger partial charge in [0.05, 0.1) is 6.04 Å². The lowest BCUT2D eigenvalue weighted by Gasteiger charge is -2.06. The zero-order chi connectivity index (χ0) is 8.23. The summed E-state index contributed by atoms with van der Waals surface area (Å²) in [5.41, 5.74) is 1.40. The zero-order valence-electron chi connectivity index (χ0n) is 7.07. The Morgan fingerprint density at radius 3 is 3.25 bits per heavy atom. The fourth-order valence-corrected chi connectivity index (χ4v) is 2.27. The van der Waals surface area contributed by atoms with Gasteiger partial charge >= 0.3 is 0 Å². The summed E-state index contributed by atoms with van der Waals surface area (Å²) in [6, 6.07) is 2.65. The lowest BCUT2D eigenvalue weighted by atomic mass is 10.1. The molecule has 0 saturated heterocycles. The van der Waals surface area contributed by atoms with Crippen LogP contribution >= 0.6 is 11.3 Å². The van der Waals surface area contributed by atoms with Gasteiger partial charge in [0.25, 0.3) is 0 Å². The summed E-state index contributed by atoms with van der Waals surface area (Å²) in [6.45, 7) is 0. The monoisotopic (exact) mass is 179 g/mol. The molecule has 0 spiro atoms. The highest BCUT2D eigenvalue weighted by molar-refractivity contribution is 7.07. The van der Waals surface area contributed by atoms with E-state index in [1.807, 2.05) is 0 Å². The molecule has 1 unspecified atom stereocenters. The quantitative estimate of drug-likeness (QED) is 0.626. The molecule has 0 aliphatic carbocycles. The lowest BCUT2D eigenvalue weighted by molar-refractivity contribution is 0.620. The van der Waals surface area contributed by atoms with E-state index in [-0.39, 0.29) is 0 Å². The van der Waals surface area contributed by atoms with Crippen molar-refractivity contribution in [1.82, 2.24) is 0 Å². The molecule has 0 radical (unpaired) electrons. The number of hydrogen-bond acceptors (Lipinski definition) is 2. The third kappa shape index (κ3) is 1.75. The Bertz CT molecular complexity index is 251. The molecule has 1 nitrogen and oxygen atoms in total. The van der Waals surface area contributed by atoms with Crippen LogP contribution in [0.15, 0.2) is 21.8 Å². The first-order valence-corrected chi connectivity index (χ1v) is 5.45. The van der Waals surface area contributed by atoms with Crippen LogP contribution in [-0.2, 0) is 0 Å². The summed E-state index contributed by atoms with van der Waals surface area (Å²) in [5.74, 6) is 0. The average molecular weight is 179 g/mol. The molecule has 2 heterocycles. The van der Waals surface area contributed by atoms with Gasteiger partial charge in [-0.15, -0.1) is 0 Å². The summed E-state index contributed by atoms with van der Waals surface area (Å²) >= 11 is 1.77. The number of thiophene rings is 1. The topological polar surface area (TPSA) is 12.4 Å². The number of nitrogens with zero attached hydrogens (tertiary/aromatic N) is 1. The largest absolute Gasteiger partial charge is 0.289 e. The smallest absolute Gasteiger partial charge is 0.0753 e. The Kier molecular flexibility index (Phi) is 2.57. The summed E-state index contributed by atoms with van der Waals surface area (Å²) in [7, 11) is 0. The molecule has 0 N–H and O–H groups in total. The number of rotatable bonds is 1. The van der Waals surface area contributed by atoms with Crippen LogP contribution < -0.4 is 0 Å². The van der Waals surface area contributed by atoms with Gasteiger partial charge < -0.3 is 0 Å². The Morgan fingerprint density at radius 1 is 1.42 bits per heavy atom. The molecule has 0 amide bonds. The van der Waals surface area contributed by atoms with Gasteiger partial charge in [0.2, 0.25) is 0 Å². The van der Waals surface area contributed by atoms with Crippen molar-refractivity contribution in [2.45, 2.75) is 31.7 Å². The van der Waals surface area contributed by atoms with Crippen molar-refractivity contribution in [2.24, 2.45) is 4.99 Å². The van der Waals surface area contributed by atoms with E-state index in [9.17, 15) is 0 Å². The van der Waals surface area contributed by atoms with E-state index in [2.05, 4.69) is 28.0 Å². The first kappa shape index (κ1) is 7.99. The molecule has 2 rings (SSSR count). The molecule has 64 valence electrons. The Hall–Kier alpha value is -0.630. The van der Waals surface area contributed by atoms with Crippen LogP contribution in [-0.4, -0.2) is 6.21 Å². The van der Waals surface area contributed by atoms with Crippen molar-refractivity contribution in [2.75, 3.05) is 0 Å². The maximum absolute atomic E-state index is 4.55. The van der Waals surface area contributed by atoms with E-state index in [1.54, 1.807) is 11.3 Å². The summed E-state index contributed by atoms with van der Waals surface area (Å²) in [6.07, 6.45) is 7.12. The van der Waals surface area contributed by atoms with Crippen LogP contribution in [0.25, 0.3) is 0 Å². The van der Waals surface area contributed by atoms with Gasteiger partial charge in [0.15, 0.2) is 0 Å². The van der Waals surface area contributed by atoms with Crippen molar-refractivity contribution >= 4 is 17.6 Å². The standard InChI is InChI=1S/C10H13NS/c1-2-4-10(11-6-3-1)9-5-7-12-8-9/h5-8,10H,1-4H2. The number of hydrogen-bond donors (Lipinski definition) is 0. The molecule has 0 fully saturated rings. The Morgan fingerprint density at radius 2 is 2.42 bits per heavy atom. The maximum atomic E-state index is 4.55. The van der Waals surface area contributed by atoms with Gasteiger partial charge in [0.1, 0.15) is 0 Å². The highest BCUT2D eigenvalue weighted by Crippen LogP contribution is 2.27. The van der Waals surface area contributed by atoms with Crippen LogP contribution in [0, 0.1) is 0 Å². The van der Waals surface area contributed by atoms with Crippen molar-refractivity contribution in [3.63, 3.8) is 0 Å². The highest BCUT2D eigenvalue weighted by Gasteiger charge is 2.10. The first-order valence-electron chi connectivity index (χ1n) is 4.50. The van der Waals surface area contributed by atoms with Crippen molar-refractivity contribution < 1.29 is 0 Å². The van der Waals surface area contributed by atoms with E-state index >= 15 is 0 Å². The van der Waals surface area contributed by atoms with Gasteiger partial charge in [-0.1, -0.05) is 6.42 Å². The molecular formula is C10H13NS. The van der Waals surface area contributed by atoms with Crippen molar-refractivity contribution in [1.29, 1.82) is 0 Å². The molecule has 1 atom stereocenters. The number of aliphatic imine (C=N–C) groups is 1. The van der Waals surface area contributed by atoms with Gasteiger partial charge in [-0.2, -0.15) is 11.3 Å². The predicted octanol–water partition coefficient (Wildman–Crippen LogP) is 3.43. The third-order valence-corrected chi connectivity index (χ3v) is 2.98. The molecule has 2 heteroatoms. The molecular weight excluding hydrogens is 166 g/mol. The van der Waals surface area contributed by atoms with Gasteiger partial charge in [0, 0.05) is 0 Å². The third-order valence-electron chi connectivity index (χ3n) is 2.27. The van der Waals surface area contributed by atoms with E-state index in [0.29, 0.717) is 6.04 Å². The van der Waals surface area contributed by atoms with Crippen LogP contribution in [0.4, 0.5) is 0 Å². The minimum Gasteiger partial charge on any atom is -0.289 e. The van der Waals surface area contributed by atoms with Gasteiger partial charge in [-0.05, 0) is 47.9 Å². The zero-order valence-corrected chi connectivity index (χ0v) is 7.89. The highest BCUT2D eigenvalue weighted by atomic mass is 32.1. The van der Waals surface area contributed by atoms with E-state index in [0.717, 1.165) is 0 Å². The molecule has 1 aliphatic rings. The molecule has 0 saturated carbocycles. The van der Waals surface area contributed by atoms with Crippen LogP contribution in [0.3, 0.4) is 0 Å². The fraction of sp³-hybridized carbons (Fsp3) is 0.500. The molecule has 1 aromatic heterocycles. The molecule has 0 bridgehead atoms. The second-order valence-electron chi connectivity index (χ2n) is 3.19. The second kappa shape index (κ2) is 3.85. The van der Waals surface area contributed by atoms with Crippen LogP contribution in [0.5, 0.6) is 0 Å². The fourth-order valence-electron chi connectivity index (χ4n) is 1.57. The second-order valence-corrected chi connectivity index (χ2v) is 3.97. The van der Waals surface area contributed by atoms with E-state index < -0.39 is 0 Å². The molecule has 1 aromatic rings. The van der Waals surface area contributed by atoms with Crippen molar-refractivity contribution in [3.8, 4) is 0 Å². The Balaban J connectivity index is 2.12. The minimum absolute atomic E-state index is 0.457. The summed E-state index contributed by atoms with van der Waals surface area (Å²) < 4.78 is 0. The molecule has 0 aromatic carbocycles. The normalized spacial score (nSPS) is 23.8. The maximum Gasteiger partial charge on any atom is 0.0753 e. The van der Waals surface area contributed by atoms with Gasteiger partial charge in [-0.3, -0.25) is 4.99 Å². The molecule has 12 heavy (non-hydrogen) atoms. The minimum atomic E-state index is 0.457. The van der Waals surface area contributed by atoms with Crippen molar-refractivity contribution in [3.05, 3.63) is 22.4 Å². The van der Waals surface area contributed by atoms with Gasteiger partial charge in [-0.25, -0.2) is 0 Å². The van der Waals surface area contributed by atoms with E-state index in [1.165, 1.54) is 31.2 Å². The predicted molar refractivity (Wildman–Crippen MR) is 54.0 cm³/mol. The SMILES string of the molecule is C1=NC(c2ccsc2)CCCC1. The summed E-state index contributed by atoms with van der Waals surface area (Å²) in [5, 5.41) is 4.35. The Labute approximate surface area is 77.2 Å². The lowest BCUT2D eigenvalue weighted by Crippen LogP contribution is -1.91. The first-order chi connectivity index (χ1) is 5.97. The van der Waals surface area contributed by atoms with Crippen LogP contribution in [0.1, 0.15) is 37.3 Å². The average Bonchev–Trinajstić information content (AvgIpc) is 2.48.